The van der Waals surface area contributed by atoms with Gasteiger partial charge in [0.15, 0.2) is 5.75 Å². The van der Waals surface area contributed by atoms with Crippen molar-refractivity contribution in [2.45, 2.75) is 23.1 Å². The molecule has 136 valence electrons. The van der Waals surface area contributed by atoms with Crippen molar-refractivity contribution < 1.29 is 32.3 Å². The summed E-state index contributed by atoms with van der Waals surface area (Å²) in [4.78, 5) is 8.33. The molecule has 0 aromatic heterocycles. The predicted molar refractivity (Wildman–Crippen MR) is 82.7 cm³/mol. The quantitative estimate of drug-likeness (QED) is 0.469. The Morgan fingerprint density at radius 2 is 1.85 bits per heavy atom. The number of nitrogens with zero attached hydrogens (tertiary/aromatic N) is 2. The van der Waals surface area contributed by atoms with Crippen LogP contribution in [0.25, 0.3) is 0 Å². The largest absolute Gasteiger partial charge is 0.504 e. The third-order valence-corrected chi connectivity index (χ3v) is 5.46. The van der Waals surface area contributed by atoms with Gasteiger partial charge in [-0.1, -0.05) is 0 Å². The van der Waals surface area contributed by atoms with Crippen LogP contribution in [0, 0.1) is 28.4 Å². The van der Waals surface area contributed by atoms with Crippen molar-refractivity contribution in [1.82, 2.24) is 0 Å². The minimum Gasteiger partial charge on any atom is -0.504 e. The highest BCUT2D eigenvalue weighted by Crippen LogP contribution is 2.40. The lowest BCUT2D eigenvalue weighted by atomic mass is 10.1. The summed E-state index contributed by atoms with van der Waals surface area (Å²) in [7, 11) is -4.61. The van der Waals surface area contributed by atoms with Crippen LogP contribution in [0.5, 0.6) is 11.5 Å². The Bertz CT molecular complexity index is 1060. The third kappa shape index (κ3) is 3.14. The number of nitriles is 1. The Balaban J connectivity index is 2.83. The number of hydrogen-bond acceptors (Lipinski definition) is 7. The lowest BCUT2D eigenvalue weighted by Gasteiger charge is -2.13. The van der Waals surface area contributed by atoms with Gasteiger partial charge in [-0.05, 0) is 24.6 Å². The number of nitro benzene ring substituents is 1. The fraction of sp³-hybridized carbons (Fsp3) is 0.133. The van der Waals surface area contributed by atoms with E-state index in [4.69, 9.17) is 5.26 Å². The van der Waals surface area contributed by atoms with Crippen molar-refractivity contribution in [2.24, 2.45) is 0 Å². The summed E-state index contributed by atoms with van der Waals surface area (Å²) in [5.74, 6) is -2.20. The van der Waals surface area contributed by atoms with Crippen molar-refractivity contribution in [2.75, 3.05) is 0 Å². The number of halogens is 2. The Kier molecular flexibility index (Phi) is 4.82. The van der Waals surface area contributed by atoms with E-state index in [9.17, 15) is 37.5 Å². The van der Waals surface area contributed by atoms with Gasteiger partial charge in [-0.2, -0.15) is 5.26 Å². The maximum absolute atomic E-state index is 13.1. The van der Waals surface area contributed by atoms with Gasteiger partial charge >= 0.3 is 5.69 Å². The molecule has 0 spiro atoms. The molecular weight excluding hydrogens is 374 g/mol. The minimum atomic E-state index is -4.61. The van der Waals surface area contributed by atoms with E-state index < -0.39 is 53.7 Å². The van der Waals surface area contributed by atoms with E-state index >= 15 is 0 Å². The van der Waals surface area contributed by atoms with Gasteiger partial charge in [0.05, 0.1) is 26.3 Å². The average molecular weight is 384 g/mol. The molecule has 0 aliphatic heterocycles. The van der Waals surface area contributed by atoms with Crippen molar-refractivity contribution in [3.05, 3.63) is 51.1 Å². The zero-order valence-corrected chi connectivity index (χ0v) is 13.8. The van der Waals surface area contributed by atoms with Gasteiger partial charge in [0.2, 0.25) is 15.6 Å². The van der Waals surface area contributed by atoms with Gasteiger partial charge in [0.25, 0.3) is 6.43 Å². The molecule has 26 heavy (non-hydrogen) atoms. The number of alkyl halides is 2. The molecular formula is C15H10F2N2O6S. The van der Waals surface area contributed by atoms with E-state index in [2.05, 4.69) is 0 Å². The maximum atomic E-state index is 13.1. The van der Waals surface area contributed by atoms with E-state index in [1.54, 1.807) is 6.07 Å². The Hall–Kier alpha value is -3.26. The van der Waals surface area contributed by atoms with Crippen molar-refractivity contribution >= 4 is 15.5 Å². The van der Waals surface area contributed by atoms with Crippen molar-refractivity contribution in [3.8, 4) is 17.6 Å². The normalized spacial score (nSPS) is 11.3. The second kappa shape index (κ2) is 6.57. The molecule has 0 amide bonds. The first-order valence-electron chi connectivity index (χ1n) is 6.79. The first-order valence-corrected chi connectivity index (χ1v) is 8.27. The van der Waals surface area contributed by atoms with Crippen LogP contribution in [0.3, 0.4) is 0 Å². The topological polar surface area (TPSA) is 142 Å². The third-order valence-electron chi connectivity index (χ3n) is 3.60. The molecule has 2 N–H and O–H groups in total. The first-order chi connectivity index (χ1) is 12.0. The smallest absolute Gasteiger partial charge is 0.315 e. The van der Waals surface area contributed by atoms with Crippen LogP contribution in [0.1, 0.15) is 23.1 Å². The molecule has 2 aromatic rings. The fourth-order valence-electron chi connectivity index (χ4n) is 2.28. The predicted octanol–water partition coefficient (Wildman–Crippen LogP) is 2.96. The van der Waals surface area contributed by atoms with Crippen LogP contribution >= 0.6 is 0 Å². The molecule has 0 bridgehead atoms. The number of aromatic hydroxyl groups is 2. The highest BCUT2D eigenvalue weighted by molar-refractivity contribution is 7.91. The Morgan fingerprint density at radius 3 is 2.35 bits per heavy atom. The number of phenolic OH excluding ortho intramolecular Hbond substituents is 2. The molecule has 0 fully saturated rings. The minimum absolute atomic E-state index is 0.339. The zero-order valence-electron chi connectivity index (χ0n) is 13.0. The standard InChI is InChI=1S/C15H10F2N2O6S/c1-7-10(15(16)17)2-8(6-18)3-13(7)26(24,25)9-4-11(19(22)23)14(21)12(20)5-9/h2-5,15,20-21H,1H3. The van der Waals surface area contributed by atoms with Gasteiger partial charge in [0, 0.05) is 17.7 Å². The van der Waals surface area contributed by atoms with Crippen molar-refractivity contribution in [1.29, 1.82) is 5.26 Å². The lowest BCUT2D eigenvalue weighted by molar-refractivity contribution is -0.386. The van der Waals surface area contributed by atoms with E-state index in [0.29, 0.717) is 12.1 Å². The van der Waals surface area contributed by atoms with Gasteiger partial charge in [-0.3, -0.25) is 10.1 Å². The molecule has 0 heterocycles. The molecule has 0 unspecified atom stereocenters. The molecule has 8 nitrogen and oxygen atoms in total. The van der Waals surface area contributed by atoms with E-state index in [1.165, 1.54) is 0 Å². The average Bonchev–Trinajstić information content (AvgIpc) is 2.56. The van der Waals surface area contributed by atoms with Gasteiger partial charge in [-0.15, -0.1) is 0 Å². The number of sulfone groups is 1. The highest BCUT2D eigenvalue weighted by Gasteiger charge is 2.29. The SMILES string of the molecule is Cc1c(C(F)F)cc(C#N)cc1S(=O)(=O)c1cc(O)c(O)c([N+](=O)[O-])c1. The number of phenols is 2. The molecule has 11 heteroatoms. The molecule has 0 saturated carbocycles. The van der Waals surface area contributed by atoms with Gasteiger partial charge in [-0.25, -0.2) is 17.2 Å². The van der Waals surface area contributed by atoms with E-state index in [-0.39, 0.29) is 11.1 Å². The first kappa shape index (κ1) is 19.1. The molecule has 0 radical (unpaired) electrons. The fourth-order valence-corrected chi connectivity index (χ4v) is 3.87. The number of benzene rings is 2. The molecule has 0 aliphatic rings. The summed E-state index contributed by atoms with van der Waals surface area (Å²) in [6, 6.07) is 4.31. The summed E-state index contributed by atoms with van der Waals surface area (Å²) in [5.41, 5.74) is -2.44. The highest BCUT2D eigenvalue weighted by atomic mass is 32.2. The molecule has 2 aromatic carbocycles. The van der Waals surface area contributed by atoms with Crippen LogP contribution in [-0.4, -0.2) is 23.6 Å². The van der Waals surface area contributed by atoms with E-state index in [0.717, 1.165) is 19.1 Å². The van der Waals surface area contributed by atoms with Crippen LogP contribution in [-0.2, 0) is 9.84 Å². The van der Waals surface area contributed by atoms with Crippen LogP contribution in [0.2, 0.25) is 0 Å². The van der Waals surface area contributed by atoms with Gasteiger partial charge < -0.3 is 10.2 Å². The Labute approximate surface area is 145 Å². The van der Waals surface area contributed by atoms with Crippen LogP contribution in [0.4, 0.5) is 14.5 Å². The second-order valence-electron chi connectivity index (χ2n) is 5.17. The van der Waals surface area contributed by atoms with Gasteiger partial charge in [0.1, 0.15) is 0 Å². The van der Waals surface area contributed by atoms with Crippen LogP contribution in [0.15, 0.2) is 34.1 Å². The number of rotatable bonds is 4. The number of nitro groups is 1. The molecule has 0 atom stereocenters. The summed E-state index contributed by atoms with van der Waals surface area (Å²) in [6.45, 7) is 1.10. The second-order valence-corrected chi connectivity index (χ2v) is 7.09. The van der Waals surface area contributed by atoms with E-state index in [1.807, 2.05) is 0 Å². The molecule has 0 saturated heterocycles. The molecule has 2 rings (SSSR count). The summed E-state index contributed by atoms with van der Waals surface area (Å²) in [6.07, 6.45) is -3.06. The van der Waals surface area contributed by atoms with Crippen molar-refractivity contribution in [3.63, 3.8) is 0 Å². The Morgan fingerprint density at radius 1 is 1.23 bits per heavy atom. The summed E-state index contributed by atoms with van der Waals surface area (Å²) >= 11 is 0. The number of hydrogen-bond donors (Lipinski definition) is 2. The maximum Gasteiger partial charge on any atom is 0.315 e. The molecule has 0 aliphatic carbocycles. The zero-order chi connectivity index (χ0) is 19.8. The lowest BCUT2D eigenvalue weighted by Crippen LogP contribution is -2.08. The summed E-state index contributed by atoms with van der Waals surface area (Å²) < 4.78 is 51.8. The van der Waals surface area contributed by atoms with Crippen LogP contribution < -0.4 is 0 Å². The summed E-state index contributed by atoms with van der Waals surface area (Å²) in [5, 5.41) is 38.9. The monoisotopic (exact) mass is 384 g/mol.